The number of methoxy groups -OCH3 is 2. The van der Waals surface area contributed by atoms with E-state index >= 15 is 0 Å². The molecule has 1 amide bonds. The van der Waals surface area contributed by atoms with E-state index in [4.69, 9.17) is 18.6 Å². The van der Waals surface area contributed by atoms with Gasteiger partial charge in [-0.1, -0.05) is 6.07 Å². The van der Waals surface area contributed by atoms with Gasteiger partial charge >= 0.3 is 0 Å². The summed E-state index contributed by atoms with van der Waals surface area (Å²) in [6.07, 6.45) is 1.93. The minimum Gasteiger partial charge on any atom is -0.497 e. The van der Waals surface area contributed by atoms with Gasteiger partial charge in [-0.15, -0.1) is 0 Å². The Balaban J connectivity index is 1.74. The van der Waals surface area contributed by atoms with Crippen LogP contribution in [0.1, 0.15) is 25.0 Å². The molecule has 29 heavy (non-hydrogen) atoms. The Labute approximate surface area is 171 Å². The first-order chi connectivity index (χ1) is 14.1. The number of hydrogen-bond donors (Lipinski definition) is 0. The van der Waals surface area contributed by atoms with Crippen molar-refractivity contribution in [2.24, 2.45) is 0 Å². The topological polar surface area (TPSA) is 61.1 Å². The Morgan fingerprint density at radius 1 is 1.03 bits per heavy atom. The molecule has 6 heteroatoms. The fourth-order valence-corrected chi connectivity index (χ4v) is 3.28. The average molecular weight is 397 g/mol. The van der Waals surface area contributed by atoms with Gasteiger partial charge in [-0.05, 0) is 43.7 Å². The molecule has 0 N–H and O–H groups in total. The third-order valence-corrected chi connectivity index (χ3v) is 4.84. The molecule has 2 aromatic carbocycles. The van der Waals surface area contributed by atoms with Crippen molar-refractivity contribution in [1.82, 2.24) is 4.90 Å². The lowest BCUT2D eigenvalue weighted by atomic mass is 10.1. The second kappa shape index (κ2) is 9.37. The SMILES string of the molecule is CCOc1ccc(CN(CC)C(=O)Cc2coc3cc(OC)ccc23)cc1OC. The lowest BCUT2D eigenvalue weighted by molar-refractivity contribution is -0.130. The van der Waals surface area contributed by atoms with Crippen molar-refractivity contribution in [2.75, 3.05) is 27.4 Å². The quantitative estimate of drug-likeness (QED) is 0.534. The summed E-state index contributed by atoms with van der Waals surface area (Å²) in [7, 11) is 3.23. The monoisotopic (exact) mass is 397 g/mol. The van der Waals surface area contributed by atoms with Crippen LogP contribution in [0.25, 0.3) is 11.0 Å². The van der Waals surface area contributed by atoms with Gasteiger partial charge in [0.1, 0.15) is 11.3 Å². The molecule has 0 unspecified atom stereocenters. The zero-order valence-electron chi connectivity index (χ0n) is 17.4. The molecular weight excluding hydrogens is 370 g/mol. The van der Waals surface area contributed by atoms with E-state index in [2.05, 4.69) is 0 Å². The summed E-state index contributed by atoms with van der Waals surface area (Å²) in [5.41, 5.74) is 2.57. The number of amides is 1. The zero-order chi connectivity index (χ0) is 20.8. The predicted molar refractivity (Wildman–Crippen MR) is 112 cm³/mol. The summed E-state index contributed by atoms with van der Waals surface area (Å²) < 4.78 is 21.8. The molecular formula is C23H27NO5. The van der Waals surface area contributed by atoms with E-state index in [1.54, 1.807) is 20.5 Å². The van der Waals surface area contributed by atoms with E-state index in [0.29, 0.717) is 36.8 Å². The van der Waals surface area contributed by atoms with Gasteiger partial charge in [0.2, 0.25) is 5.91 Å². The summed E-state index contributed by atoms with van der Waals surface area (Å²) in [6.45, 7) is 5.59. The highest BCUT2D eigenvalue weighted by Gasteiger charge is 2.17. The van der Waals surface area contributed by atoms with Crippen molar-refractivity contribution in [3.05, 3.63) is 53.8 Å². The first kappa shape index (κ1) is 20.6. The summed E-state index contributed by atoms with van der Waals surface area (Å²) in [5, 5.41) is 0.929. The second-order valence-corrected chi connectivity index (χ2v) is 6.63. The van der Waals surface area contributed by atoms with Crippen LogP contribution >= 0.6 is 0 Å². The van der Waals surface area contributed by atoms with Gasteiger partial charge < -0.3 is 23.5 Å². The number of likely N-dealkylation sites (N-methyl/N-ethyl adjacent to an activating group) is 1. The van der Waals surface area contributed by atoms with Gasteiger partial charge in [-0.25, -0.2) is 0 Å². The van der Waals surface area contributed by atoms with Crippen LogP contribution in [-0.2, 0) is 17.8 Å². The molecule has 0 radical (unpaired) electrons. The summed E-state index contributed by atoms with van der Waals surface area (Å²) in [6, 6.07) is 11.4. The van der Waals surface area contributed by atoms with Crippen molar-refractivity contribution >= 4 is 16.9 Å². The third-order valence-electron chi connectivity index (χ3n) is 4.84. The van der Waals surface area contributed by atoms with E-state index in [1.807, 2.05) is 55.1 Å². The van der Waals surface area contributed by atoms with Crippen LogP contribution in [0.15, 0.2) is 47.1 Å². The number of benzene rings is 2. The molecule has 0 aliphatic carbocycles. The molecule has 1 aromatic heterocycles. The van der Waals surface area contributed by atoms with Crippen LogP contribution in [0.3, 0.4) is 0 Å². The average Bonchev–Trinajstić information content (AvgIpc) is 3.14. The molecule has 0 spiro atoms. The van der Waals surface area contributed by atoms with Gasteiger partial charge in [-0.2, -0.15) is 0 Å². The van der Waals surface area contributed by atoms with Crippen LogP contribution in [0, 0.1) is 0 Å². The molecule has 0 aliphatic rings. The van der Waals surface area contributed by atoms with Crippen LogP contribution in [0.2, 0.25) is 0 Å². The van der Waals surface area contributed by atoms with Gasteiger partial charge in [0.25, 0.3) is 0 Å². The molecule has 1 heterocycles. The fourth-order valence-electron chi connectivity index (χ4n) is 3.28. The Bertz CT molecular complexity index is 979. The van der Waals surface area contributed by atoms with Crippen molar-refractivity contribution in [1.29, 1.82) is 0 Å². The maximum atomic E-state index is 12.9. The molecule has 0 atom stereocenters. The molecule has 0 bridgehead atoms. The molecule has 0 saturated heterocycles. The number of carbonyl (C=O) groups excluding carboxylic acids is 1. The third kappa shape index (κ3) is 4.65. The second-order valence-electron chi connectivity index (χ2n) is 6.63. The predicted octanol–water partition coefficient (Wildman–Crippen LogP) is 4.44. The first-order valence-electron chi connectivity index (χ1n) is 9.71. The summed E-state index contributed by atoms with van der Waals surface area (Å²) in [4.78, 5) is 14.8. The maximum Gasteiger partial charge on any atom is 0.227 e. The van der Waals surface area contributed by atoms with E-state index in [0.717, 1.165) is 22.3 Å². The van der Waals surface area contributed by atoms with Crippen LogP contribution < -0.4 is 14.2 Å². The number of ether oxygens (including phenoxy) is 3. The maximum absolute atomic E-state index is 12.9. The Hall–Kier alpha value is -3.15. The number of furan rings is 1. The highest BCUT2D eigenvalue weighted by Crippen LogP contribution is 2.29. The van der Waals surface area contributed by atoms with Crippen LogP contribution in [-0.4, -0.2) is 38.2 Å². The largest absolute Gasteiger partial charge is 0.497 e. The van der Waals surface area contributed by atoms with Gasteiger partial charge in [0.05, 0.1) is 33.5 Å². The van der Waals surface area contributed by atoms with Crippen LogP contribution in [0.5, 0.6) is 17.2 Å². The Morgan fingerprint density at radius 2 is 1.86 bits per heavy atom. The molecule has 0 fully saturated rings. The van der Waals surface area contributed by atoms with E-state index < -0.39 is 0 Å². The van der Waals surface area contributed by atoms with E-state index in [9.17, 15) is 4.79 Å². The first-order valence-corrected chi connectivity index (χ1v) is 9.71. The summed E-state index contributed by atoms with van der Waals surface area (Å²) in [5.74, 6) is 2.14. The molecule has 0 aliphatic heterocycles. The number of carbonyl (C=O) groups is 1. The molecule has 3 rings (SSSR count). The minimum atomic E-state index is 0.0406. The van der Waals surface area contributed by atoms with Gasteiger partial charge in [0, 0.05) is 30.1 Å². The van der Waals surface area contributed by atoms with Crippen molar-refractivity contribution in [3.63, 3.8) is 0 Å². The fraction of sp³-hybridized carbons (Fsp3) is 0.348. The van der Waals surface area contributed by atoms with Crippen molar-refractivity contribution < 1.29 is 23.4 Å². The Morgan fingerprint density at radius 3 is 2.55 bits per heavy atom. The lowest BCUT2D eigenvalue weighted by Gasteiger charge is -2.21. The zero-order valence-corrected chi connectivity index (χ0v) is 17.4. The smallest absolute Gasteiger partial charge is 0.227 e. The Kier molecular flexibility index (Phi) is 6.65. The molecule has 0 saturated carbocycles. The van der Waals surface area contributed by atoms with E-state index in [-0.39, 0.29) is 12.3 Å². The van der Waals surface area contributed by atoms with Crippen molar-refractivity contribution in [3.8, 4) is 17.2 Å². The molecule has 3 aromatic rings. The van der Waals surface area contributed by atoms with Crippen LogP contribution in [0.4, 0.5) is 0 Å². The van der Waals surface area contributed by atoms with E-state index in [1.165, 1.54) is 0 Å². The molecule has 6 nitrogen and oxygen atoms in total. The standard InChI is InChI=1S/C23H27NO5/c1-5-24(14-16-7-10-20(28-6-2)22(11-16)27-4)23(25)12-17-15-29-21-13-18(26-3)8-9-19(17)21/h7-11,13,15H,5-6,12,14H2,1-4H3. The van der Waals surface area contributed by atoms with Gasteiger partial charge in [-0.3, -0.25) is 4.79 Å². The highest BCUT2D eigenvalue weighted by atomic mass is 16.5. The van der Waals surface area contributed by atoms with Gasteiger partial charge in [0.15, 0.2) is 11.5 Å². The minimum absolute atomic E-state index is 0.0406. The summed E-state index contributed by atoms with van der Waals surface area (Å²) >= 11 is 0. The number of nitrogens with zero attached hydrogens (tertiary/aromatic N) is 1. The highest BCUT2D eigenvalue weighted by molar-refractivity contribution is 5.88. The molecule has 154 valence electrons. The number of hydrogen-bond acceptors (Lipinski definition) is 5. The lowest BCUT2D eigenvalue weighted by Crippen LogP contribution is -2.31. The normalized spacial score (nSPS) is 10.8. The van der Waals surface area contributed by atoms with Crippen molar-refractivity contribution in [2.45, 2.75) is 26.8 Å². The number of rotatable bonds is 9. The number of fused-ring (bicyclic) bond motifs is 1.